The van der Waals surface area contributed by atoms with Crippen molar-refractivity contribution in [2.24, 2.45) is 0 Å². The van der Waals surface area contributed by atoms with Gasteiger partial charge in [-0.05, 0) is 31.5 Å². The van der Waals surface area contributed by atoms with Crippen molar-refractivity contribution in [3.8, 4) is 0 Å². The number of halogens is 2. The third kappa shape index (κ3) is 1.61. The van der Waals surface area contributed by atoms with Gasteiger partial charge in [0.25, 0.3) is 0 Å². The third-order valence-corrected chi connectivity index (χ3v) is 1.64. The lowest BCUT2D eigenvalue weighted by Crippen LogP contribution is -2.00. The van der Waals surface area contributed by atoms with E-state index in [4.69, 9.17) is 5.11 Å². The first-order valence-electron chi connectivity index (χ1n) is 3.66. The molecule has 3 heteroatoms. The van der Waals surface area contributed by atoms with Crippen molar-refractivity contribution in [2.75, 3.05) is 0 Å². The van der Waals surface area contributed by atoms with Crippen LogP contribution in [-0.2, 0) is 0 Å². The topological polar surface area (TPSA) is 20.2 Å². The Morgan fingerprint density at radius 2 is 1.67 bits per heavy atom. The van der Waals surface area contributed by atoms with Gasteiger partial charge in [-0.3, -0.25) is 0 Å². The van der Waals surface area contributed by atoms with Crippen molar-refractivity contribution in [3.05, 3.63) is 34.9 Å². The molecular weight excluding hydrogens is 162 g/mol. The van der Waals surface area contributed by atoms with Gasteiger partial charge in [-0.15, -0.1) is 0 Å². The van der Waals surface area contributed by atoms with Gasteiger partial charge in [0.2, 0.25) is 0 Å². The maximum Gasteiger partial charge on any atom is 0.132 e. The van der Waals surface area contributed by atoms with E-state index in [9.17, 15) is 8.78 Å². The molecule has 0 unspecified atom stereocenters. The van der Waals surface area contributed by atoms with Gasteiger partial charge in [-0.2, -0.15) is 0 Å². The lowest BCUT2D eigenvalue weighted by molar-refractivity contribution is 0.188. The van der Waals surface area contributed by atoms with Gasteiger partial charge in [0.05, 0.1) is 11.7 Å². The molecule has 0 spiro atoms. The zero-order valence-corrected chi connectivity index (χ0v) is 6.94. The monoisotopic (exact) mass is 172 g/mol. The van der Waals surface area contributed by atoms with E-state index in [1.807, 2.05) is 0 Å². The Morgan fingerprint density at radius 3 is 2.00 bits per heavy atom. The molecule has 0 aliphatic rings. The normalized spacial score (nSPS) is 13.1. The van der Waals surface area contributed by atoms with Crippen LogP contribution in [0.25, 0.3) is 0 Å². The van der Waals surface area contributed by atoms with Crippen LogP contribution in [0.3, 0.4) is 0 Å². The Morgan fingerprint density at radius 1 is 1.25 bits per heavy atom. The quantitative estimate of drug-likeness (QED) is 0.689. The second-order valence-corrected chi connectivity index (χ2v) is 2.82. The molecule has 1 aromatic rings. The fourth-order valence-electron chi connectivity index (χ4n) is 1.11. The summed E-state index contributed by atoms with van der Waals surface area (Å²) in [5, 5.41) is 9.00. The molecule has 0 aliphatic heterocycles. The van der Waals surface area contributed by atoms with Crippen LogP contribution >= 0.6 is 0 Å². The van der Waals surface area contributed by atoms with E-state index in [0.717, 1.165) is 0 Å². The summed E-state index contributed by atoms with van der Waals surface area (Å²) in [6.07, 6.45) is -1.11. The van der Waals surface area contributed by atoms with E-state index in [2.05, 4.69) is 0 Å². The van der Waals surface area contributed by atoms with Gasteiger partial charge in [0.1, 0.15) is 11.6 Å². The highest BCUT2D eigenvalue weighted by molar-refractivity contribution is 5.26. The first-order chi connectivity index (χ1) is 5.52. The lowest BCUT2D eigenvalue weighted by Gasteiger charge is -2.07. The van der Waals surface area contributed by atoms with Crippen LogP contribution < -0.4 is 0 Å². The average Bonchev–Trinajstić information content (AvgIpc) is 1.82. The first kappa shape index (κ1) is 9.13. The fraction of sp³-hybridized carbons (Fsp3) is 0.333. The summed E-state index contributed by atoms with van der Waals surface area (Å²) in [7, 11) is 0. The minimum atomic E-state index is -1.11. The van der Waals surface area contributed by atoms with E-state index >= 15 is 0 Å². The van der Waals surface area contributed by atoms with E-state index in [1.54, 1.807) is 6.92 Å². The van der Waals surface area contributed by atoms with Crippen LogP contribution in [0.5, 0.6) is 0 Å². The molecular formula is C9H10F2O. The first-order valence-corrected chi connectivity index (χ1v) is 3.66. The Bertz CT molecular complexity index is 272. The van der Waals surface area contributed by atoms with Gasteiger partial charge in [0.15, 0.2) is 0 Å². The lowest BCUT2D eigenvalue weighted by atomic mass is 10.1. The van der Waals surface area contributed by atoms with Crippen LogP contribution in [0.4, 0.5) is 8.78 Å². The second-order valence-electron chi connectivity index (χ2n) is 2.82. The SMILES string of the molecule is Cc1cc(F)c([C@@H](C)O)c(F)c1. The van der Waals surface area contributed by atoms with Gasteiger partial charge < -0.3 is 5.11 Å². The minimum absolute atomic E-state index is 0.263. The standard InChI is InChI=1S/C9H10F2O/c1-5-3-7(10)9(6(2)12)8(11)4-5/h3-4,6,12H,1-2H3/t6-/m1/s1. The van der Waals surface area contributed by atoms with Crippen molar-refractivity contribution in [1.82, 2.24) is 0 Å². The molecule has 0 aliphatic carbocycles. The molecule has 0 heterocycles. The third-order valence-electron chi connectivity index (χ3n) is 1.64. The van der Waals surface area contributed by atoms with Crippen molar-refractivity contribution in [3.63, 3.8) is 0 Å². The minimum Gasteiger partial charge on any atom is -0.388 e. The number of aliphatic hydroxyl groups is 1. The number of rotatable bonds is 1. The predicted molar refractivity (Wildman–Crippen MR) is 41.7 cm³/mol. The second kappa shape index (κ2) is 3.19. The van der Waals surface area contributed by atoms with Gasteiger partial charge in [-0.25, -0.2) is 8.78 Å². The molecule has 0 fully saturated rings. The smallest absolute Gasteiger partial charge is 0.132 e. The van der Waals surface area contributed by atoms with Crippen LogP contribution in [0.1, 0.15) is 24.2 Å². The summed E-state index contributed by atoms with van der Waals surface area (Å²) in [6, 6.07) is 2.40. The fourth-order valence-corrected chi connectivity index (χ4v) is 1.11. The van der Waals surface area contributed by atoms with Crippen LogP contribution in [-0.4, -0.2) is 5.11 Å². The summed E-state index contributed by atoms with van der Waals surface area (Å²) >= 11 is 0. The average molecular weight is 172 g/mol. The molecule has 0 radical (unpaired) electrons. The van der Waals surface area contributed by atoms with Crippen molar-refractivity contribution < 1.29 is 13.9 Å². The van der Waals surface area contributed by atoms with Gasteiger partial charge in [-0.1, -0.05) is 0 Å². The summed E-state index contributed by atoms with van der Waals surface area (Å²) in [6.45, 7) is 2.93. The van der Waals surface area contributed by atoms with Crippen molar-refractivity contribution >= 4 is 0 Å². The highest BCUT2D eigenvalue weighted by Gasteiger charge is 2.13. The largest absolute Gasteiger partial charge is 0.388 e. The van der Waals surface area contributed by atoms with Crippen molar-refractivity contribution in [2.45, 2.75) is 20.0 Å². The Labute approximate surface area is 69.7 Å². The molecule has 1 aromatic carbocycles. The molecule has 0 saturated heterocycles. The van der Waals surface area contributed by atoms with E-state index in [0.29, 0.717) is 5.56 Å². The number of benzene rings is 1. The summed E-state index contributed by atoms with van der Waals surface area (Å²) in [4.78, 5) is 0. The molecule has 1 nitrogen and oxygen atoms in total. The molecule has 0 saturated carbocycles. The summed E-state index contributed by atoms with van der Waals surface area (Å²) < 4.78 is 25.9. The number of aryl methyl sites for hydroxylation is 1. The molecule has 66 valence electrons. The Hall–Kier alpha value is -0.960. The summed E-state index contributed by atoms with van der Waals surface area (Å²) in [5.41, 5.74) is 0.245. The van der Waals surface area contributed by atoms with Crippen LogP contribution in [0.15, 0.2) is 12.1 Å². The van der Waals surface area contributed by atoms with Gasteiger partial charge >= 0.3 is 0 Å². The maximum absolute atomic E-state index is 13.0. The maximum atomic E-state index is 13.0. The molecule has 1 N–H and O–H groups in total. The summed E-state index contributed by atoms with van der Waals surface area (Å²) in [5.74, 6) is -1.38. The zero-order chi connectivity index (χ0) is 9.30. The number of aliphatic hydroxyl groups excluding tert-OH is 1. The zero-order valence-electron chi connectivity index (χ0n) is 6.94. The van der Waals surface area contributed by atoms with E-state index < -0.39 is 17.7 Å². The van der Waals surface area contributed by atoms with Crippen molar-refractivity contribution in [1.29, 1.82) is 0 Å². The predicted octanol–water partition coefficient (Wildman–Crippen LogP) is 2.33. The highest BCUT2D eigenvalue weighted by Crippen LogP contribution is 2.21. The molecule has 0 bridgehead atoms. The molecule has 1 atom stereocenters. The molecule has 0 aromatic heterocycles. The van der Waals surface area contributed by atoms with Gasteiger partial charge in [0, 0.05) is 0 Å². The van der Waals surface area contributed by atoms with E-state index in [-0.39, 0.29) is 5.56 Å². The Kier molecular flexibility index (Phi) is 2.43. The molecule has 12 heavy (non-hydrogen) atoms. The Balaban J connectivity index is 3.28. The van der Waals surface area contributed by atoms with Crippen LogP contribution in [0, 0.1) is 18.6 Å². The molecule has 0 amide bonds. The van der Waals surface area contributed by atoms with Crippen LogP contribution in [0.2, 0.25) is 0 Å². The van der Waals surface area contributed by atoms with E-state index in [1.165, 1.54) is 19.1 Å². The highest BCUT2D eigenvalue weighted by atomic mass is 19.1. The number of hydrogen-bond donors (Lipinski definition) is 1. The molecule has 1 rings (SSSR count). The number of hydrogen-bond acceptors (Lipinski definition) is 1.